The van der Waals surface area contributed by atoms with E-state index in [2.05, 4.69) is 49.1 Å². The van der Waals surface area contributed by atoms with Crippen LogP contribution < -0.4 is 10.1 Å². The average molecular weight is 508 g/mol. The summed E-state index contributed by atoms with van der Waals surface area (Å²) in [5.74, 6) is 1.47. The van der Waals surface area contributed by atoms with Gasteiger partial charge in [0, 0.05) is 19.5 Å². The Morgan fingerprint density at radius 1 is 1.03 bits per heavy atom. The Kier molecular flexibility index (Phi) is 6.57. The molecular weight excluding hydrogens is 485 g/mol. The number of nitrogens with zero attached hydrogens (tertiary/aromatic N) is 5. The van der Waals surface area contributed by atoms with Crippen molar-refractivity contribution in [2.24, 2.45) is 0 Å². The first kappa shape index (κ1) is 23.1. The third-order valence-corrected chi connectivity index (χ3v) is 6.32. The lowest BCUT2D eigenvalue weighted by molar-refractivity contribution is 0.441. The van der Waals surface area contributed by atoms with Crippen LogP contribution in [0.4, 0.5) is 5.95 Å². The van der Waals surface area contributed by atoms with Gasteiger partial charge in [0.25, 0.3) is 0 Å². The zero-order valence-electron chi connectivity index (χ0n) is 19.2. The molecule has 8 nitrogen and oxygen atoms in total. The monoisotopic (exact) mass is 507 g/mol. The fourth-order valence-electron chi connectivity index (χ4n) is 3.82. The number of aromatic nitrogens is 6. The van der Waals surface area contributed by atoms with Crippen LogP contribution in [0.15, 0.2) is 54.9 Å². The van der Waals surface area contributed by atoms with Crippen molar-refractivity contribution in [1.29, 1.82) is 0 Å². The van der Waals surface area contributed by atoms with E-state index >= 15 is 0 Å². The standard InChI is InChI=1S/C25H23Cl2N7O/c1-3-34-22-11-17(10-21-23(27)15(2)32-33-21)6-9-20(22)31-24(34)28-12-16-4-7-19(8-5-16)35-25-29-13-18(26)14-30-25/h4-9,11,13-14H,3,10,12H2,1-2H3,(H,28,31)(H,32,33). The number of rotatable bonds is 8. The Hall–Kier alpha value is -3.62. The molecule has 0 spiro atoms. The van der Waals surface area contributed by atoms with Gasteiger partial charge < -0.3 is 14.6 Å². The number of nitrogens with one attached hydrogen (secondary N) is 2. The van der Waals surface area contributed by atoms with Gasteiger partial charge in [-0.25, -0.2) is 15.0 Å². The van der Waals surface area contributed by atoms with Gasteiger partial charge in [0.15, 0.2) is 0 Å². The highest BCUT2D eigenvalue weighted by molar-refractivity contribution is 6.31. The maximum atomic E-state index is 6.35. The highest BCUT2D eigenvalue weighted by Gasteiger charge is 2.13. The summed E-state index contributed by atoms with van der Waals surface area (Å²) in [5.41, 5.74) is 5.96. The van der Waals surface area contributed by atoms with Gasteiger partial charge in [0.05, 0.1) is 44.9 Å². The van der Waals surface area contributed by atoms with E-state index in [1.165, 1.54) is 12.4 Å². The molecule has 0 atom stereocenters. The van der Waals surface area contributed by atoms with Gasteiger partial charge in [0.1, 0.15) is 5.75 Å². The minimum Gasteiger partial charge on any atom is -0.424 e. The number of halogens is 2. The quantitative estimate of drug-likeness (QED) is 0.260. The van der Waals surface area contributed by atoms with E-state index in [1.807, 2.05) is 37.3 Å². The van der Waals surface area contributed by atoms with E-state index < -0.39 is 0 Å². The van der Waals surface area contributed by atoms with E-state index in [0.717, 1.165) is 46.0 Å². The van der Waals surface area contributed by atoms with Crippen LogP contribution in [0.25, 0.3) is 11.0 Å². The topological polar surface area (TPSA) is 93.5 Å². The van der Waals surface area contributed by atoms with Crippen LogP contribution >= 0.6 is 23.2 Å². The molecule has 0 aliphatic heterocycles. The lowest BCUT2D eigenvalue weighted by Gasteiger charge is -2.10. The molecule has 35 heavy (non-hydrogen) atoms. The summed E-state index contributed by atoms with van der Waals surface area (Å²) in [5, 5.41) is 11.9. The first-order chi connectivity index (χ1) is 17.0. The molecule has 0 amide bonds. The molecule has 3 aromatic heterocycles. The van der Waals surface area contributed by atoms with Gasteiger partial charge in [0.2, 0.25) is 5.95 Å². The van der Waals surface area contributed by atoms with Crippen LogP contribution in [-0.2, 0) is 19.5 Å². The van der Waals surface area contributed by atoms with Gasteiger partial charge in [-0.05, 0) is 49.2 Å². The van der Waals surface area contributed by atoms with Crippen molar-refractivity contribution in [3.05, 3.63) is 87.4 Å². The number of aromatic amines is 1. The zero-order valence-corrected chi connectivity index (χ0v) is 20.7. The van der Waals surface area contributed by atoms with Crippen molar-refractivity contribution in [2.75, 3.05) is 5.32 Å². The number of aryl methyl sites for hydroxylation is 2. The molecule has 2 N–H and O–H groups in total. The van der Waals surface area contributed by atoms with Crippen LogP contribution in [0.3, 0.4) is 0 Å². The molecule has 5 rings (SSSR count). The normalized spacial score (nSPS) is 11.2. The minimum absolute atomic E-state index is 0.251. The van der Waals surface area contributed by atoms with Crippen LogP contribution in [0.5, 0.6) is 11.8 Å². The molecule has 0 fully saturated rings. The average Bonchev–Trinajstić information content (AvgIpc) is 3.38. The fraction of sp³-hybridized carbons (Fsp3) is 0.200. The smallest absolute Gasteiger partial charge is 0.321 e. The second kappa shape index (κ2) is 9.93. The first-order valence-corrected chi connectivity index (χ1v) is 11.9. The van der Waals surface area contributed by atoms with E-state index in [9.17, 15) is 0 Å². The third-order valence-electron chi connectivity index (χ3n) is 5.62. The number of anilines is 1. The van der Waals surface area contributed by atoms with Crippen molar-refractivity contribution in [2.45, 2.75) is 33.4 Å². The van der Waals surface area contributed by atoms with E-state index in [1.54, 1.807) is 0 Å². The van der Waals surface area contributed by atoms with E-state index in [0.29, 0.717) is 28.8 Å². The second-order valence-electron chi connectivity index (χ2n) is 8.07. The summed E-state index contributed by atoms with van der Waals surface area (Å²) >= 11 is 12.2. The third kappa shape index (κ3) is 5.08. The van der Waals surface area contributed by atoms with Crippen LogP contribution in [0, 0.1) is 6.92 Å². The highest BCUT2D eigenvalue weighted by Crippen LogP contribution is 2.25. The Labute approximate surface area is 212 Å². The predicted octanol–water partition coefficient (Wildman–Crippen LogP) is 6.18. The molecule has 0 aliphatic carbocycles. The van der Waals surface area contributed by atoms with Crippen molar-refractivity contribution in [1.82, 2.24) is 29.7 Å². The van der Waals surface area contributed by atoms with Crippen molar-refractivity contribution in [3.8, 4) is 11.8 Å². The first-order valence-electron chi connectivity index (χ1n) is 11.2. The molecule has 10 heteroatoms. The van der Waals surface area contributed by atoms with Gasteiger partial charge in [-0.15, -0.1) is 0 Å². The fourth-order valence-corrected chi connectivity index (χ4v) is 4.07. The maximum Gasteiger partial charge on any atom is 0.321 e. The summed E-state index contributed by atoms with van der Waals surface area (Å²) in [6.45, 7) is 5.44. The number of hydrogen-bond acceptors (Lipinski definition) is 6. The number of imidazole rings is 1. The van der Waals surface area contributed by atoms with Crippen molar-refractivity contribution < 1.29 is 4.74 Å². The molecule has 0 saturated carbocycles. The molecule has 0 unspecified atom stereocenters. The molecular formula is C25H23Cl2N7O. The largest absolute Gasteiger partial charge is 0.424 e. The highest BCUT2D eigenvalue weighted by atomic mass is 35.5. The molecule has 3 heterocycles. The van der Waals surface area contributed by atoms with E-state index in [-0.39, 0.29) is 6.01 Å². The number of H-pyrrole nitrogens is 1. The van der Waals surface area contributed by atoms with Crippen LogP contribution in [-0.4, -0.2) is 29.7 Å². The Balaban J connectivity index is 1.29. The molecule has 5 aromatic rings. The minimum atomic E-state index is 0.251. The summed E-state index contributed by atoms with van der Waals surface area (Å²) in [6.07, 6.45) is 3.66. The van der Waals surface area contributed by atoms with Crippen molar-refractivity contribution in [3.63, 3.8) is 0 Å². The molecule has 0 radical (unpaired) electrons. The number of hydrogen-bond donors (Lipinski definition) is 2. The summed E-state index contributed by atoms with van der Waals surface area (Å²) in [7, 11) is 0. The number of ether oxygens (including phenoxy) is 1. The predicted molar refractivity (Wildman–Crippen MR) is 137 cm³/mol. The Morgan fingerprint density at radius 3 is 2.46 bits per heavy atom. The van der Waals surface area contributed by atoms with Crippen LogP contribution in [0.2, 0.25) is 10.0 Å². The lowest BCUT2D eigenvalue weighted by atomic mass is 10.1. The van der Waals surface area contributed by atoms with Crippen LogP contribution in [0.1, 0.15) is 29.4 Å². The van der Waals surface area contributed by atoms with Gasteiger partial charge in [-0.2, -0.15) is 5.10 Å². The molecule has 0 bridgehead atoms. The lowest BCUT2D eigenvalue weighted by Crippen LogP contribution is -2.06. The molecule has 0 saturated heterocycles. The Morgan fingerprint density at radius 2 is 1.77 bits per heavy atom. The summed E-state index contributed by atoms with van der Waals surface area (Å²) in [4.78, 5) is 12.9. The Bertz CT molecular complexity index is 1460. The summed E-state index contributed by atoms with van der Waals surface area (Å²) in [6, 6.07) is 14.3. The van der Waals surface area contributed by atoms with Gasteiger partial charge in [-0.3, -0.25) is 5.10 Å². The molecule has 0 aliphatic rings. The van der Waals surface area contributed by atoms with Crippen molar-refractivity contribution >= 4 is 40.2 Å². The summed E-state index contributed by atoms with van der Waals surface area (Å²) < 4.78 is 7.83. The number of benzene rings is 2. The molecule has 2 aromatic carbocycles. The number of fused-ring (bicyclic) bond motifs is 1. The van der Waals surface area contributed by atoms with Gasteiger partial charge >= 0.3 is 6.01 Å². The molecule has 178 valence electrons. The SMILES string of the molecule is CCn1c(NCc2ccc(Oc3ncc(Cl)cn3)cc2)nc2ccc(Cc3n[nH]c(C)c3Cl)cc21. The second-order valence-corrected chi connectivity index (χ2v) is 8.89. The zero-order chi connectivity index (χ0) is 24.4. The maximum absolute atomic E-state index is 6.35. The van der Waals surface area contributed by atoms with E-state index in [4.69, 9.17) is 32.9 Å². The van der Waals surface area contributed by atoms with Gasteiger partial charge in [-0.1, -0.05) is 41.4 Å².